The number of piperidine rings is 1. The minimum Gasteiger partial charge on any atom is -0.490 e. The number of nitrogens with zero attached hydrogens (tertiary/aromatic N) is 2. The molecule has 30 heavy (non-hydrogen) atoms. The third-order valence-electron chi connectivity index (χ3n) is 4.86. The van der Waals surface area contributed by atoms with Gasteiger partial charge in [-0.15, -0.1) is 11.3 Å². The van der Waals surface area contributed by atoms with E-state index in [1.54, 1.807) is 37.4 Å². The largest absolute Gasteiger partial charge is 0.490 e. The zero-order valence-corrected chi connectivity index (χ0v) is 18.1. The molecule has 0 bridgehead atoms. The van der Waals surface area contributed by atoms with Crippen LogP contribution in [0.5, 0.6) is 11.5 Å². The van der Waals surface area contributed by atoms with E-state index in [1.807, 2.05) is 0 Å². The van der Waals surface area contributed by atoms with Crippen LogP contribution in [-0.2, 0) is 6.54 Å². The molecular formula is C21H28F2N4O2S. The van der Waals surface area contributed by atoms with Crippen molar-refractivity contribution in [3.63, 3.8) is 0 Å². The molecule has 2 N–H and O–H groups in total. The number of nitrogens with one attached hydrogen (secondary N) is 2. The molecule has 0 atom stereocenters. The average Bonchev–Trinajstić information content (AvgIpc) is 3.28. The van der Waals surface area contributed by atoms with Crippen LogP contribution in [0.3, 0.4) is 0 Å². The molecule has 0 radical (unpaired) electrons. The average molecular weight is 439 g/mol. The van der Waals surface area contributed by atoms with Crippen molar-refractivity contribution < 1.29 is 18.3 Å². The lowest BCUT2D eigenvalue weighted by Gasteiger charge is -2.33. The number of thiophene rings is 1. The van der Waals surface area contributed by atoms with Gasteiger partial charge in [0, 0.05) is 32.7 Å². The molecule has 164 valence electrons. The zero-order chi connectivity index (χ0) is 21.3. The monoisotopic (exact) mass is 438 g/mol. The summed E-state index contributed by atoms with van der Waals surface area (Å²) in [6, 6.07) is 9.55. The van der Waals surface area contributed by atoms with Gasteiger partial charge in [0.05, 0.1) is 11.6 Å². The second-order valence-corrected chi connectivity index (χ2v) is 7.80. The molecule has 2 aromatic rings. The summed E-state index contributed by atoms with van der Waals surface area (Å²) in [5.74, 6) is 1.06. The smallest absolute Gasteiger partial charge is 0.387 e. The van der Waals surface area contributed by atoms with E-state index in [0.29, 0.717) is 24.9 Å². The molecule has 1 aromatic heterocycles. The van der Waals surface area contributed by atoms with Gasteiger partial charge in [-0.05, 0) is 55.0 Å². The summed E-state index contributed by atoms with van der Waals surface area (Å²) >= 11 is 1.77. The Hall–Kier alpha value is -2.55. The van der Waals surface area contributed by atoms with Crippen LogP contribution in [0.4, 0.5) is 13.8 Å². The lowest BCUT2D eigenvalue weighted by Crippen LogP contribution is -2.48. The number of guanidine groups is 1. The van der Waals surface area contributed by atoms with Gasteiger partial charge in [-0.3, -0.25) is 4.99 Å². The van der Waals surface area contributed by atoms with Crippen LogP contribution in [0.2, 0.25) is 0 Å². The second-order valence-electron chi connectivity index (χ2n) is 6.88. The van der Waals surface area contributed by atoms with Gasteiger partial charge in [0.15, 0.2) is 17.5 Å². The van der Waals surface area contributed by atoms with Gasteiger partial charge < -0.3 is 25.0 Å². The third kappa shape index (κ3) is 6.22. The molecule has 0 aliphatic carbocycles. The molecule has 1 aliphatic heterocycles. The second kappa shape index (κ2) is 11.0. The molecule has 1 saturated heterocycles. The number of halogens is 2. The Morgan fingerprint density at radius 1 is 1.27 bits per heavy atom. The Kier molecular flexibility index (Phi) is 8.12. The Morgan fingerprint density at radius 2 is 2.07 bits per heavy atom. The first-order chi connectivity index (χ1) is 14.6. The molecule has 1 aromatic carbocycles. The minimum atomic E-state index is -2.89. The number of anilines is 1. The van der Waals surface area contributed by atoms with E-state index in [9.17, 15) is 8.78 Å². The van der Waals surface area contributed by atoms with E-state index in [0.717, 1.165) is 37.5 Å². The van der Waals surface area contributed by atoms with Gasteiger partial charge in [0.1, 0.15) is 0 Å². The van der Waals surface area contributed by atoms with Crippen molar-refractivity contribution >= 4 is 22.3 Å². The highest BCUT2D eigenvalue weighted by Gasteiger charge is 2.20. The summed E-state index contributed by atoms with van der Waals surface area (Å²) in [6.45, 7) is 1.79. The Labute approximate surface area is 179 Å². The van der Waals surface area contributed by atoms with Crippen molar-refractivity contribution in [2.24, 2.45) is 4.99 Å². The van der Waals surface area contributed by atoms with Crippen molar-refractivity contribution in [2.45, 2.75) is 39.0 Å². The minimum absolute atomic E-state index is 0.0376. The summed E-state index contributed by atoms with van der Waals surface area (Å²) in [5.41, 5.74) is 0.885. The summed E-state index contributed by atoms with van der Waals surface area (Å²) in [7, 11) is 1.74. The number of rotatable bonds is 8. The first-order valence-electron chi connectivity index (χ1n) is 10.0. The van der Waals surface area contributed by atoms with Crippen molar-refractivity contribution in [2.75, 3.05) is 31.6 Å². The predicted molar refractivity (Wildman–Crippen MR) is 117 cm³/mol. The quantitative estimate of drug-likeness (QED) is 0.480. The van der Waals surface area contributed by atoms with Crippen LogP contribution < -0.4 is 25.0 Å². The van der Waals surface area contributed by atoms with Crippen molar-refractivity contribution in [3.05, 3.63) is 41.3 Å². The van der Waals surface area contributed by atoms with Gasteiger partial charge in [-0.25, -0.2) is 0 Å². The summed E-state index contributed by atoms with van der Waals surface area (Å²) in [5, 5.41) is 10.2. The van der Waals surface area contributed by atoms with E-state index >= 15 is 0 Å². The molecule has 0 unspecified atom stereocenters. The van der Waals surface area contributed by atoms with E-state index in [1.165, 1.54) is 11.1 Å². The fourth-order valence-electron chi connectivity index (χ4n) is 3.39. The van der Waals surface area contributed by atoms with Crippen LogP contribution in [0.15, 0.2) is 40.7 Å². The number of hydrogen-bond donors (Lipinski definition) is 2. The van der Waals surface area contributed by atoms with Crippen LogP contribution in [0.25, 0.3) is 0 Å². The van der Waals surface area contributed by atoms with Gasteiger partial charge in [-0.1, -0.05) is 6.07 Å². The maximum absolute atomic E-state index is 12.6. The normalized spacial score (nSPS) is 15.4. The predicted octanol–water partition coefficient (Wildman–Crippen LogP) is 4.08. The van der Waals surface area contributed by atoms with Crippen molar-refractivity contribution in [1.82, 2.24) is 10.6 Å². The van der Waals surface area contributed by atoms with Gasteiger partial charge in [0.25, 0.3) is 0 Å². The van der Waals surface area contributed by atoms with Crippen LogP contribution in [-0.4, -0.2) is 45.4 Å². The maximum Gasteiger partial charge on any atom is 0.387 e. The Morgan fingerprint density at radius 3 is 2.70 bits per heavy atom. The Bertz CT molecular complexity index is 809. The molecule has 1 aliphatic rings. The molecule has 1 fully saturated rings. The van der Waals surface area contributed by atoms with Crippen LogP contribution in [0, 0.1) is 0 Å². The molecule has 0 amide bonds. The van der Waals surface area contributed by atoms with E-state index in [2.05, 4.69) is 42.8 Å². The molecule has 2 heterocycles. The summed E-state index contributed by atoms with van der Waals surface area (Å²) in [4.78, 5) is 6.72. The first-order valence-corrected chi connectivity index (χ1v) is 10.9. The number of ether oxygens (including phenoxy) is 2. The van der Waals surface area contributed by atoms with Gasteiger partial charge >= 0.3 is 6.61 Å². The first kappa shape index (κ1) is 22.1. The third-order valence-corrected chi connectivity index (χ3v) is 5.79. The summed E-state index contributed by atoms with van der Waals surface area (Å²) < 4.78 is 35.1. The highest BCUT2D eigenvalue weighted by atomic mass is 32.1. The maximum atomic E-state index is 12.6. The molecule has 0 spiro atoms. The van der Waals surface area contributed by atoms with Crippen LogP contribution in [0.1, 0.15) is 25.3 Å². The standard InChI is InChI=1S/C21H28F2N4O2S/c1-3-28-18-13-15(6-7-17(18)29-20(22)23)14-25-21(24-2)26-16-8-10-27(11-9-16)19-5-4-12-30-19/h4-7,12-13,16,20H,3,8-11,14H2,1-2H3,(H2,24,25,26). The number of benzene rings is 1. The fourth-order valence-corrected chi connectivity index (χ4v) is 4.18. The molecule has 6 nitrogen and oxygen atoms in total. The molecule has 3 rings (SSSR count). The van der Waals surface area contributed by atoms with Crippen LogP contribution >= 0.6 is 11.3 Å². The highest BCUT2D eigenvalue weighted by Crippen LogP contribution is 2.30. The molecular weight excluding hydrogens is 410 g/mol. The molecule has 9 heteroatoms. The Balaban J connectivity index is 1.51. The van der Waals surface area contributed by atoms with E-state index < -0.39 is 6.61 Å². The number of alkyl halides is 2. The zero-order valence-electron chi connectivity index (χ0n) is 17.2. The number of aliphatic imine (C=N–C) groups is 1. The molecule has 0 saturated carbocycles. The van der Waals surface area contributed by atoms with Crippen molar-refractivity contribution in [1.29, 1.82) is 0 Å². The summed E-state index contributed by atoms with van der Waals surface area (Å²) in [6.07, 6.45) is 2.07. The topological polar surface area (TPSA) is 58.1 Å². The van der Waals surface area contributed by atoms with Crippen molar-refractivity contribution in [3.8, 4) is 11.5 Å². The fraction of sp³-hybridized carbons (Fsp3) is 0.476. The van der Waals surface area contributed by atoms with E-state index in [4.69, 9.17) is 4.74 Å². The van der Waals surface area contributed by atoms with E-state index in [-0.39, 0.29) is 5.75 Å². The highest BCUT2D eigenvalue weighted by molar-refractivity contribution is 7.14. The lowest BCUT2D eigenvalue weighted by molar-refractivity contribution is -0.0514. The SMILES string of the molecule is CCOc1cc(CNC(=NC)NC2CCN(c3cccs3)CC2)ccc1OC(F)F. The lowest BCUT2D eigenvalue weighted by atomic mass is 10.1. The van der Waals surface area contributed by atoms with Gasteiger partial charge in [0.2, 0.25) is 0 Å². The number of hydrogen-bond acceptors (Lipinski definition) is 5. The van der Waals surface area contributed by atoms with Gasteiger partial charge in [-0.2, -0.15) is 8.78 Å².